The van der Waals surface area contributed by atoms with E-state index in [0.717, 1.165) is 51.1 Å². The molecule has 1 aromatic carbocycles. The zero-order valence-electron chi connectivity index (χ0n) is 13.1. The molecule has 2 saturated heterocycles. The highest BCUT2D eigenvalue weighted by molar-refractivity contribution is 5.87. The van der Waals surface area contributed by atoms with Crippen molar-refractivity contribution >= 4 is 16.8 Å². The minimum absolute atomic E-state index is 0.0951. The summed E-state index contributed by atoms with van der Waals surface area (Å²) in [7, 11) is 0. The molecular weight excluding hydrogens is 274 g/mol. The van der Waals surface area contributed by atoms with E-state index in [0.29, 0.717) is 5.91 Å². The Morgan fingerprint density at radius 3 is 2.86 bits per heavy atom. The molecule has 0 aliphatic carbocycles. The minimum Gasteiger partial charge on any atom is -0.361 e. The van der Waals surface area contributed by atoms with E-state index in [1.807, 2.05) is 6.07 Å². The lowest BCUT2D eigenvalue weighted by Gasteiger charge is -2.23. The van der Waals surface area contributed by atoms with E-state index in [9.17, 15) is 4.79 Å². The van der Waals surface area contributed by atoms with Gasteiger partial charge < -0.3 is 14.8 Å². The number of amides is 1. The quantitative estimate of drug-likeness (QED) is 0.946. The number of carbonyl (C=O) groups excluding carboxylic acids is 1. The number of hydrogen-bond acceptors (Lipinski definition) is 2. The number of nitrogens with zero attached hydrogens (tertiary/aromatic N) is 2. The van der Waals surface area contributed by atoms with Crippen molar-refractivity contribution in [2.75, 3.05) is 26.2 Å². The molecule has 1 aromatic heterocycles. The van der Waals surface area contributed by atoms with Crippen molar-refractivity contribution in [1.82, 2.24) is 14.8 Å². The summed E-state index contributed by atoms with van der Waals surface area (Å²) >= 11 is 0. The van der Waals surface area contributed by atoms with Crippen molar-refractivity contribution < 1.29 is 4.79 Å². The molecule has 2 fully saturated rings. The molecular formula is C18H23N3O. The van der Waals surface area contributed by atoms with Crippen LogP contribution in [0, 0.1) is 5.41 Å². The van der Waals surface area contributed by atoms with Crippen LogP contribution in [0.3, 0.4) is 0 Å². The Morgan fingerprint density at radius 1 is 1.23 bits per heavy atom. The summed E-state index contributed by atoms with van der Waals surface area (Å²) in [5.74, 6) is 0.369. The van der Waals surface area contributed by atoms with Crippen LogP contribution in [0.2, 0.25) is 0 Å². The van der Waals surface area contributed by atoms with Crippen molar-refractivity contribution in [3.05, 3.63) is 36.0 Å². The number of nitrogens with one attached hydrogen (secondary N) is 1. The van der Waals surface area contributed by atoms with E-state index in [2.05, 4.69) is 46.1 Å². The highest BCUT2D eigenvalue weighted by atomic mass is 16.2. The van der Waals surface area contributed by atoms with Gasteiger partial charge >= 0.3 is 0 Å². The van der Waals surface area contributed by atoms with Gasteiger partial charge in [-0.15, -0.1) is 0 Å². The Balaban J connectivity index is 1.54. The molecule has 1 spiro atoms. The third-order valence-electron chi connectivity index (χ3n) is 5.52. The molecule has 0 radical (unpaired) electrons. The fourth-order valence-corrected chi connectivity index (χ4v) is 4.12. The van der Waals surface area contributed by atoms with Gasteiger partial charge in [0.05, 0.1) is 5.41 Å². The SMILES string of the molecule is CCN1CCC2(CCN(Cc3c[nH]c4ccccc34)C2=O)C1. The first kappa shape index (κ1) is 13.8. The normalized spacial score (nSPS) is 25.9. The number of carbonyl (C=O) groups is 1. The van der Waals surface area contributed by atoms with Crippen LogP contribution in [0.1, 0.15) is 25.3 Å². The third-order valence-corrected chi connectivity index (χ3v) is 5.52. The lowest BCUT2D eigenvalue weighted by molar-refractivity contribution is -0.136. The lowest BCUT2D eigenvalue weighted by Crippen LogP contribution is -2.36. The van der Waals surface area contributed by atoms with E-state index in [1.165, 1.54) is 10.9 Å². The lowest BCUT2D eigenvalue weighted by atomic mass is 9.85. The Labute approximate surface area is 131 Å². The molecule has 1 unspecified atom stereocenters. The van der Waals surface area contributed by atoms with Crippen LogP contribution in [-0.4, -0.2) is 46.9 Å². The van der Waals surface area contributed by atoms with E-state index in [4.69, 9.17) is 0 Å². The van der Waals surface area contributed by atoms with Crippen LogP contribution in [0.4, 0.5) is 0 Å². The van der Waals surface area contributed by atoms with Gasteiger partial charge in [-0.3, -0.25) is 4.79 Å². The number of aromatic nitrogens is 1. The Hall–Kier alpha value is -1.81. The van der Waals surface area contributed by atoms with Gasteiger partial charge in [-0.1, -0.05) is 25.1 Å². The number of benzene rings is 1. The number of rotatable bonds is 3. The number of hydrogen-bond donors (Lipinski definition) is 1. The van der Waals surface area contributed by atoms with Crippen LogP contribution in [0.25, 0.3) is 10.9 Å². The molecule has 116 valence electrons. The second kappa shape index (κ2) is 5.13. The van der Waals surface area contributed by atoms with Gasteiger partial charge in [0.15, 0.2) is 0 Å². The highest BCUT2D eigenvalue weighted by Gasteiger charge is 2.50. The number of H-pyrrole nitrogens is 1. The van der Waals surface area contributed by atoms with Gasteiger partial charge in [-0.05, 0) is 37.6 Å². The van der Waals surface area contributed by atoms with Crippen LogP contribution in [-0.2, 0) is 11.3 Å². The van der Waals surface area contributed by atoms with Crippen molar-refractivity contribution in [2.24, 2.45) is 5.41 Å². The van der Waals surface area contributed by atoms with Crippen LogP contribution in [0.15, 0.2) is 30.5 Å². The van der Waals surface area contributed by atoms with E-state index >= 15 is 0 Å². The van der Waals surface area contributed by atoms with Gasteiger partial charge in [0, 0.05) is 36.7 Å². The number of fused-ring (bicyclic) bond motifs is 1. The molecule has 1 N–H and O–H groups in total. The zero-order valence-corrected chi connectivity index (χ0v) is 13.1. The van der Waals surface area contributed by atoms with Gasteiger partial charge in [0.1, 0.15) is 0 Å². The summed E-state index contributed by atoms with van der Waals surface area (Å²) in [6.07, 6.45) is 4.10. The van der Waals surface area contributed by atoms with E-state index in [1.54, 1.807) is 0 Å². The maximum atomic E-state index is 12.9. The summed E-state index contributed by atoms with van der Waals surface area (Å²) in [6, 6.07) is 8.31. The summed E-state index contributed by atoms with van der Waals surface area (Å²) < 4.78 is 0. The molecule has 1 amide bonds. The Kier molecular flexibility index (Phi) is 3.22. The molecule has 4 heteroatoms. The van der Waals surface area contributed by atoms with Crippen molar-refractivity contribution in [3.63, 3.8) is 0 Å². The molecule has 4 rings (SSSR count). The molecule has 1 atom stereocenters. The topological polar surface area (TPSA) is 39.3 Å². The van der Waals surface area contributed by atoms with E-state index < -0.39 is 0 Å². The van der Waals surface area contributed by atoms with Gasteiger partial charge in [0.25, 0.3) is 0 Å². The van der Waals surface area contributed by atoms with Crippen LogP contribution >= 0.6 is 0 Å². The minimum atomic E-state index is -0.0951. The molecule has 0 bridgehead atoms. The summed E-state index contributed by atoms with van der Waals surface area (Å²) in [6.45, 7) is 6.89. The van der Waals surface area contributed by atoms with Gasteiger partial charge in [-0.2, -0.15) is 0 Å². The smallest absolute Gasteiger partial charge is 0.230 e. The first-order valence-electron chi connectivity index (χ1n) is 8.28. The fourth-order valence-electron chi connectivity index (χ4n) is 4.12. The number of likely N-dealkylation sites (tertiary alicyclic amines) is 2. The first-order chi connectivity index (χ1) is 10.7. The second-order valence-corrected chi connectivity index (χ2v) is 6.74. The molecule has 2 aliphatic rings. The van der Waals surface area contributed by atoms with Crippen LogP contribution < -0.4 is 0 Å². The van der Waals surface area contributed by atoms with E-state index in [-0.39, 0.29) is 5.41 Å². The van der Waals surface area contributed by atoms with Crippen molar-refractivity contribution in [1.29, 1.82) is 0 Å². The molecule has 2 aliphatic heterocycles. The second-order valence-electron chi connectivity index (χ2n) is 6.74. The molecule has 0 saturated carbocycles. The molecule has 4 nitrogen and oxygen atoms in total. The largest absolute Gasteiger partial charge is 0.361 e. The van der Waals surface area contributed by atoms with Crippen molar-refractivity contribution in [2.45, 2.75) is 26.3 Å². The monoisotopic (exact) mass is 297 g/mol. The van der Waals surface area contributed by atoms with Gasteiger partial charge in [-0.25, -0.2) is 0 Å². The average molecular weight is 297 g/mol. The third kappa shape index (κ3) is 2.05. The fraction of sp³-hybridized carbons (Fsp3) is 0.500. The molecule has 2 aromatic rings. The summed E-state index contributed by atoms with van der Waals surface area (Å²) in [5, 5.41) is 1.23. The van der Waals surface area contributed by atoms with Crippen molar-refractivity contribution in [3.8, 4) is 0 Å². The average Bonchev–Trinajstić information content (AvgIpc) is 3.23. The predicted molar refractivity (Wildman–Crippen MR) is 87.5 cm³/mol. The predicted octanol–water partition coefficient (Wildman–Crippen LogP) is 2.61. The maximum Gasteiger partial charge on any atom is 0.230 e. The summed E-state index contributed by atoms with van der Waals surface area (Å²) in [5.41, 5.74) is 2.28. The molecule has 3 heterocycles. The zero-order chi connectivity index (χ0) is 15.2. The Bertz CT molecular complexity index is 707. The number of aromatic amines is 1. The standard InChI is InChI=1S/C18H23N3O/c1-2-20-9-7-18(13-20)8-10-21(17(18)22)12-14-11-19-16-6-4-3-5-15(14)16/h3-6,11,19H,2,7-10,12-13H2,1H3. The number of para-hydroxylation sites is 1. The summed E-state index contributed by atoms with van der Waals surface area (Å²) in [4.78, 5) is 20.7. The molecule has 22 heavy (non-hydrogen) atoms. The first-order valence-corrected chi connectivity index (χ1v) is 8.28. The van der Waals surface area contributed by atoms with Gasteiger partial charge in [0.2, 0.25) is 5.91 Å². The van der Waals surface area contributed by atoms with Crippen LogP contribution in [0.5, 0.6) is 0 Å². The maximum absolute atomic E-state index is 12.9. The Morgan fingerprint density at radius 2 is 2.05 bits per heavy atom. The highest BCUT2D eigenvalue weighted by Crippen LogP contribution is 2.41.